The van der Waals surface area contributed by atoms with Gasteiger partial charge in [-0.3, -0.25) is 37.3 Å². The molecule has 0 aromatic heterocycles. The summed E-state index contributed by atoms with van der Waals surface area (Å²) in [5.41, 5.74) is 0. The van der Waals surface area contributed by atoms with Crippen molar-refractivity contribution >= 4 is 39.5 Å². The van der Waals surface area contributed by atoms with E-state index in [9.17, 15) is 43.2 Å². The molecule has 0 aromatic carbocycles. The third-order valence-electron chi connectivity index (χ3n) is 20.3. The summed E-state index contributed by atoms with van der Waals surface area (Å²) in [6.45, 7) is 9.76. The maximum Gasteiger partial charge on any atom is 0.472 e. The van der Waals surface area contributed by atoms with Crippen molar-refractivity contribution in [2.75, 3.05) is 39.6 Å². The highest BCUT2D eigenvalue weighted by atomic mass is 31.2. The zero-order valence-corrected chi connectivity index (χ0v) is 70.1. The molecule has 0 amide bonds. The number of phosphoric acid groups is 2. The second-order valence-corrected chi connectivity index (χ2v) is 34.2. The minimum absolute atomic E-state index is 0.108. The number of esters is 4. The van der Waals surface area contributed by atoms with Crippen molar-refractivity contribution < 1.29 is 80.2 Å². The zero-order chi connectivity index (χ0) is 76.4. The van der Waals surface area contributed by atoms with E-state index in [1.54, 1.807) is 0 Å². The monoisotopic (exact) mass is 1520 g/mol. The lowest BCUT2D eigenvalue weighted by atomic mass is 9.99. The number of hydrogen-bond acceptors (Lipinski definition) is 15. The Labute approximate surface area is 638 Å². The molecule has 0 aliphatic carbocycles. The van der Waals surface area contributed by atoms with E-state index in [1.165, 1.54) is 270 Å². The number of unbranched alkanes of at least 4 members (excludes halogenated alkanes) is 53. The van der Waals surface area contributed by atoms with Gasteiger partial charge in [-0.05, 0) is 37.5 Å². The minimum atomic E-state index is -4.97. The SMILES string of the molecule is CCCCCCCCCCCCCCCCC(=O)O[C@H](COC(=O)CCCCCCCCCCCCC)COP(=O)(O)OC[C@H](O)COP(=O)(O)OC[C@@H](COC(=O)CCCCCCCCCCCCCCCCC(C)CC)OC(=O)CCCCCCCCCCCCCCCCCCCCC(C)C. The molecule has 0 fully saturated rings. The number of carbonyl (C=O) groups is 4. The maximum absolute atomic E-state index is 13.1. The van der Waals surface area contributed by atoms with E-state index in [2.05, 4.69) is 41.5 Å². The number of ether oxygens (including phenoxy) is 4. The zero-order valence-electron chi connectivity index (χ0n) is 68.3. The highest BCUT2D eigenvalue weighted by Crippen LogP contribution is 2.45. The number of phosphoric ester groups is 2. The van der Waals surface area contributed by atoms with E-state index < -0.39 is 97.5 Å². The third kappa shape index (κ3) is 76.8. The van der Waals surface area contributed by atoms with E-state index >= 15 is 0 Å². The van der Waals surface area contributed by atoms with Gasteiger partial charge in [-0.25, -0.2) is 9.13 Å². The highest BCUT2D eigenvalue weighted by Gasteiger charge is 2.30. The van der Waals surface area contributed by atoms with Gasteiger partial charge < -0.3 is 33.8 Å². The van der Waals surface area contributed by atoms with Crippen LogP contribution in [0.25, 0.3) is 0 Å². The molecule has 0 saturated heterocycles. The summed E-state index contributed by atoms with van der Waals surface area (Å²) in [4.78, 5) is 73.2. The van der Waals surface area contributed by atoms with Crippen LogP contribution in [0.1, 0.15) is 452 Å². The van der Waals surface area contributed by atoms with E-state index in [0.29, 0.717) is 25.7 Å². The maximum atomic E-state index is 13.1. The first-order chi connectivity index (χ1) is 50.4. The largest absolute Gasteiger partial charge is 0.472 e. The summed E-state index contributed by atoms with van der Waals surface area (Å²) in [5.74, 6) is -0.431. The molecular weight excluding hydrogens is 1350 g/mol. The normalized spacial score (nSPS) is 14.1. The lowest BCUT2D eigenvalue weighted by Crippen LogP contribution is -2.30. The smallest absolute Gasteiger partial charge is 0.462 e. The number of hydrogen-bond donors (Lipinski definition) is 3. The first-order valence-electron chi connectivity index (χ1n) is 44.0. The summed E-state index contributed by atoms with van der Waals surface area (Å²) in [7, 11) is -9.92. The summed E-state index contributed by atoms with van der Waals surface area (Å²) in [5, 5.41) is 10.7. The predicted molar refractivity (Wildman–Crippen MR) is 428 cm³/mol. The van der Waals surface area contributed by atoms with Gasteiger partial charge in [0.05, 0.1) is 26.4 Å². The molecular formula is C85H166O17P2. The molecule has 0 aromatic rings. The number of carbonyl (C=O) groups excluding carboxylic acids is 4. The Kier molecular flexibility index (Phi) is 75.0. The van der Waals surface area contributed by atoms with Gasteiger partial charge in [-0.2, -0.15) is 0 Å². The minimum Gasteiger partial charge on any atom is -0.462 e. The van der Waals surface area contributed by atoms with Crippen LogP contribution < -0.4 is 0 Å². The van der Waals surface area contributed by atoms with Crippen molar-refractivity contribution in [1.82, 2.24) is 0 Å². The van der Waals surface area contributed by atoms with Crippen LogP contribution in [-0.2, 0) is 65.4 Å². The highest BCUT2D eigenvalue weighted by molar-refractivity contribution is 7.47. The fourth-order valence-electron chi connectivity index (χ4n) is 13.2. The summed E-state index contributed by atoms with van der Waals surface area (Å²) >= 11 is 0. The van der Waals surface area contributed by atoms with Crippen LogP contribution in [0.4, 0.5) is 0 Å². The van der Waals surface area contributed by atoms with E-state index in [0.717, 1.165) is 102 Å². The molecule has 104 heavy (non-hydrogen) atoms. The van der Waals surface area contributed by atoms with E-state index in [1.807, 2.05) is 0 Å². The summed E-state index contributed by atoms with van der Waals surface area (Å²) in [6, 6.07) is 0. The Morgan fingerprint density at radius 1 is 0.279 bits per heavy atom. The molecule has 6 atom stereocenters. The van der Waals surface area contributed by atoms with Gasteiger partial charge in [0.15, 0.2) is 12.2 Å². The molecule has 19 heteroatoms. The van der Waals surface area contributed by atoms with Crippen LogP contribution in [-0.4, -0.2) is 96.7 Å². The topological polar surface area (TPSA) is 237 Å². The Bertz CT molecular complexity index is 2000. The van der Waals surface area contributed by atoms with Crippen LogP contribution in [0.15, 0.2) is 0 Å². The van der Waals surface area contributed by atoms with Crippen molar-refractivity contribution in [2.45, 2.75) is 471 Å². The molecule has 0 radical (unpaired) electrons. The van der Waals surface area contributed by atoms with Crippen LogP contribution in [0.5, 0.6) is 0 Å². The lowest BCUT2D eigenvalue weighted by Gasteiger charge is -2.21. The van der Waals surface area contributed by atoms with Gasteiger partial charge in [0.2, 0.25) is 0 Å². The molecule has 0 aliphatic rings. The van der Waals surface area contributed by atoms with E-state index in [4.69, 9.17) is 37.0 Å². The third-order valence-corrected chi connectivity index (χ3v) is 22.2. The fourth-order valence-corrected chi connectivity index (χ4v) is 14.8. The molecule has 3 N–H and O–H groups in total. The quantitative estimate of drug-likeness (QED) is 0.0222. The number of rotatable bonds is 84. The molecule has 0 spiro atoms. The summed E-state index contributed by atoms with van der Waals surface area (Å²) < 4.78 is 68.9. The van der Waals surface area contributed by atoms with Gasteiger partial charge >= 0.3 is 39.5 Å². The standard InChI is InChI=1S/C85H166O17P2/c1-7-10-12-14-16-18-20-21-32-39-45-51-57-63-69-84(89)101-80(73-95-82(87)67-61-55-49-43-35-19-17-15-13-11-8-2)75-99-103(91,92)97-71-79(86)72-98-104(93,94)100-76-81(74-96-83(88)68-62-56-50-44-38-33-29-28-31-37-42-48-54-60-66-78(6)9-3)102-85(90)70-64-58-52-46-40-34-27-25-23-22-24-26-30-36-41-47-53-59-65-77(4)5/h77-81,86H,7-76H2,1-6H3,(H,91,92)(H,93,94)/t78?,79-,80+,81+/m0/s1. The van der Waals surface area contributed by atoms with Crippen molar-refractivity contribution in [3.63, 3.8) is 0 Å². The molecule has 0 bridgehead atoms. The van der Waals surface area contributed by atoms with Gasteiger partial charge in [-0.1, -0.05) is 401 Å². The molecule has 0 saturated carbocycles. The van der Waals surface area contributed by atoms with Gasteiger partial charge in [0, 0.05) is 25.7 Å². The van der Waals surface area contributed by atoms with Crippen molar-refractivity contribution in [3.05, 3.63) is 0 Å². The second-order valence-electron chi connectivity index (χ2n) is 31.3. The Hall–Kier alpha value is -1.94. The molecule has 618 valence electrons. The first-order valence-corrected chi connectivity index (χ1v) is 47.0. The molecule has 0 aliphatic heterocycles. The Balaban J connectivity index is 5.24. The first kappa shape index (κ1) is 102. The van der Waals surface area contributed by atoms with Gasteiger partial charge in [0.1, 0.15) is 19.3 Å². The van der Waals surface area contributed by atoms with Crippen molar-refractivity contribution in [2.24, 2.45) is 11.8 Å². The number of aliphatic hydroxyl groups is 1. The second kappa shape index (κ2) is 76.4. The fraction of sp³-hybridized carbons (Fsp3) is 0.953. The molecule has 0 heterocycles. The van der Waals surface area contributed by atoms with Crippen molar-refractivity contribution in [3.8, 4) is 0 Å². The van der Waals surface area contributed by atoms with Crippen LogP contribution >= 0.6 is 15.6 Å². The van der Waals surface area contributed by atoms with Crippen LogP contribution in [0.2, 0.25) is 0 Å². The summed E-state index contributed by atoms with van der Waals surface area (Å²) in [6.07, 6.45) is 67.8. The van der Waals surface area contributed by atoms with Crippen molar-refractivity contribution in [1.29, 1.82) is 0 Å². The van der Waals surface area contributed by atoms with Gasteiger partial charge in [-0.15, -0.1) is 0 Å². The Morgan fingerprint density at radius 2 is 0.490 bits per heavy atom. The molecule has 17 nitrogen and oxygen atoms in total. The molecule has 3 unspecified atom stereocenters. The van der Waals surface area contributed by atoms with Crippen LogP contribution in [0.3, 0.4) is 0 Å². The van der Waals surface area contributed by atoms with E-state index in [-0.39, 0.29) is 25.7 Å². The average molecular weight is 1520 g/mol. The predicted octanol–water partition coefficient (Wildman–Crippen LogP) is 25.8. The Morgan fingerprint density at radius 3 is 0.731 bits per heavy atom. The number of aliphatic hydroxyl groups excluding tert-OH is 1. The van der Waals surface area contributed by atoms with Crippen LogP contribution in [0, 0.1) is 11.8 Å². The van der Waals surface area contributed by atoms with Gasteiger partial charge in [0.25, 0.3) is 0 Å². The average Bonchev–Trinajstić information content (AvgIpc) is 0.906. The lowest BCUT2D eigenvalue weighted by molar-refractivity contribution is -0.161. The molecule has 0 rings (SSSR count).